The zero-order valence-corrected chi connectivity index (χ0v) is 21.5. The highest BCUT2D eigenvalue weighted by molar-refractivity contribution is 8.00. The van der Waals surface area contributed by atoms with Crippen molar-refractivity contribution >= 4 is 17.7 Å². The first kappa shape index (κ1) is 23.9. The van der Waals surface area contributed by atoms with Crippen LogP contribution in [0.15, 0.2) is 35.5 Å². The van der Waals surface area contributed by atoms with E-state index in [4.69, 9.17) is 0 Å². The van der Waals surface area contributed by atoms with Crippen LogP contribution in [-0.4, -0.2) is 50.0 Å². The largest absolute Gasteiger partial charge is 0.352 e. The lowest BCUT2D eigenvalue weighted by molar-refractivity contribution is -0.121. The molecule has 1 aromatic heterocycles. The van der Waals surface area contributed by atoms with Gasteiger partial charge in [-0.1, -0.05) is 54.9 Å². The van der Waals surface area contributed by atoms with E-state index in [1.165, 1.54) is 62.3 Å². The Morgan fingerprint density at radius 2 is 1.85 bits per heavy atom. The Balaban J connectivity index is 1.26. The zero-order valence-electron chi connectivity index (χ0n) is 20.7. The number of aromatic nitrogens is 3. The van der Waals surface area contributed by atoms with Crippen molar-refractivity contribution in [2.75, 3.05) is 13.1 Å². The summed E-state index contributed by atoms with van der Waals surface area (Å²) in [5.41, 5.74) is 1.23. The Labute approximate surface area is 208 Å². The van der Waals surface area contributed by atoms with Crippen molar-refractivity contribution in [3.63, 3.8) is 0 Å². The maximum absolute atomic E-state index is 13.1. The second kappa shape index (κ2) is 10.8. The minimum atomic E-state index is -0.206. The smallest absolute Gasteiger partial charge is 0.233 e. The molecule has 2 saturated carbocycles. The van der Waals surface area contributed by atoms with Crippen LogP contribution < -0.4 is 5.32 Å². The molecule has 7 heteroatoms. The third-order valence-corrected chi connectivity index (χ3v) is 9.33. The standard InChI is InChI=1S/C27H39N5OS/c1-19(24-16-22-11-12-23(24)15-22)28-26(33)20(2)34-27-30-29-25(18-31-13-7-4-8-14-31)32(27)17-21-9-5-3-6-10-21/h3,5-6,9-10,19-20,22-24H,4,7-8,11-18H2,1-2H3,(H,28,33)/t19-,20-,22-,23-,24-/m0/s1. The number of piperidine rings is 1. The number of rotatable bonds is 9. The van der Waals surface area contributed by atoms with E-state index in [1.807, 2.05) is 13.0 Å². The van der Waals surface area contributed by atoms with Gasteiger partial charge in [0.1, 0.15) is 5.82 Å². The van der Waals surface area contributed by atoms with E-state index < -0.39 is 0 Å². The Morgan fingerprint density at radius 1 is 1.06 bits per heavy atom. The van der Waals surface area contributed by atoms with Gasteiger partial charge in [0.2, 0.25) is 5.91 Å². The van der Waals surface area contributed by atoms with Crippen molar-refractivity contribution in [3.8, 4) is 0 Å². The van der Waals surface area contributed by atoms with Crippen molar-refractivity contribution in [2.45, 2.75) is 88.3 Å². The summed E-state index contributed by atoms with van der Waals surface area (Å²) in [7, 11) is 0. The van der Waals surface area contributed by atoms with Crippen LogP contribution in [0, 0.1) is 17.8 Å². The minimum Gasteiger partial charge on any atom is -0.352 e. The van der Waals surface area contributed by atoms with Crippen LogP contribution in [0.25, 0.3) is 0 Å². The van der Waals surface area contributed by atoms with Gasteiger partial charge < -0.3 is 9.88 Å². The summed E-state index contributed by atoms with van der Waals surface area (Å²) >= 11 is 1.54. The molecule has 184 valence electrons. The number of benzene rings is 1. The lowest BCUT2D eigenvalue weighted by atomic mass is 9.84. The lowest BCUT2D eigenvalue weighted by Gasteiger charge is -2.29. The molecular weight excluding hydrogens is 442 g/mol. The van der Waals surface area contributed by atoms with Crippen LogP contribution in [0.1, 0.15) is 70.2 Å². The molecule has 34 heavy (non-hydrogen) atoms. The first-order valence-corrected chi connectivity index (χ1v) is 14.1. The molecule has 3 fully saturated rings. The summed E-state index contributed by atoms with van der Waals surface area (Å²) in [6.45, 7) is 8.01. The van der Waals surface area contributed by atoms with Gasteiger partial charge >= 0.3 is 0 Å². The SMILES string of the molecule is C[C@H](Sc1nnc(CN2CCCCC2)n1Cc1ccccc1)C(=O)N[C@@H](C)[C@@H]1C[C@H]2CC[C@H]1C2. The number of nitrogens with one attached hydrogen (secondary N) is 1. The third kappa shape index (κ3) is 5.51. The predicted molar refractivity (Wildman–Crippen MR) is 137 cm³/mol. The number of hydrogen-bond acceptors (Lipinski definition) is 5. The Hall–Kier alpha value is -1.86. The number of thioether (sulfide) groups is 1. The molecule has 3 aliphatic rings. The summed E-state index contributed by atoms with van der Waals surface area (Å²) in [6, 6.07) is 10.7. The van der Waals surface area contributed by atoms with Crippen LogP contribution >= 0.6 is 11.8 Å². The number of carbonyl (C=O) groups is 1. The average molecular weight is 482 g/mol. The first-order chi connectivity index (χ1) is 16.6. The van der Waals surface area contributed by atoms with E-state index in [0.29, 0.717) is 5.92 Å². The number of nitrogens with zero attached hydrogens (tertiary/aromatic N) is 4. The first-order valence-electron chi connectivity index (χ1n) is 13.2. The maximum atomic E-state index is 13.1. The molecule has 1 N–H and O–H groups in total. The van der Waals surface area contributed by atoms with E-state index in [2.05, 4.69) is 56.2 Å². The molecule has 0 unspecified atom stereocenters. The van der Waals surface area contributed by atoms with Crippen molar-refractivity contribution < 1.29 is 4.79 Å². The van der Waals surface area contributed by atoms with Gasteiger partial charge in [-0.15, -0.1) is 10.2 Å². The van der Waals surface area contributed by atoms with Gasteiger partial charge in [-0.05, 0) is 82.4 Å². The second-order valence-electron chi connectivity index (χ2n) is 10.7. The summed E-state index contributed by atoms with van der Waals surface area (Å²) in [5, 5.41) is 13.1. The Kier molecular flexibility index (Phi) is 7.59. The van der Waals surface area contributed by atoms with Gasteiger partial charge in [0, 0.05) is 6.04 Å². The second-order valence-corrected chi connectivity index (χ2v) is 12.0. The van der Waals surface area contributed by atoms with Gasteiger partial charge in [0.05, 0.1) is 18.3 Å². The number of fused-ring (bicyclic) bond motifs is 2. The van der Waals surface area contributed by atoms with Crippen LogP contribution in [0.5, 0.6) is 0 Å². The topological polar surface area (TPSA) is 63.1 Å². The van der Waals surface area contributed by atoms with Gasteiger partial charge in [0.25, 0.3) is 0 Å². The molecule has 2 aliphatic carbocycles. The summed E-state index contributed by atoms with van der Waals surface area (Å²) < 4.78 is 2.22. The van der Waals surface area contributed by atoms with E-state index in [1.54, 1.807) is 0 Å². The Morgan fingerprint density at radius 3 is 2.56 bits per heavy atom. The van der Waals surface area contributed by atoms with Crippen molar-refractivity contribution in [1.29, 1.82) is 0 Å². The van der Waals surface area contributed by atoms with E-state index in [0.717, 1.165) is 49.0 Å². The molecular formula is C27H39N5OS. The highest BCUT2D eigenvalue weighted by Gasteiger charge is 2.42. The normalized spacial score (nSPS) is 26.5. The number of amides is 1. The molecule has 1 saturated heterocycles. The fourth-order valence-corrected chi connectivity index (χ4v) is 7.21. The van der Waals surface area contributed by atoms with Crippen LogP contribution in [0.4, 0.5) is 0 Å². The molecule has 1 aromatic carbocycles. The fraction of sp³-hybridized carbons (Fsp3) is 0.667. The van der Waals surface area contributed by atoms with Crippen molar-refractivity contribution in [2.24, 2.45) is 17.8 Å². The van der Waals surface area contributed by atoms with Gasteiger partial charge in [-0.25, -0.2) is 0 Å². The lowest BCUT2D eigenvalue weighted by Crippen LogP contribution is -2.43. The molecule has 1 aliphatic heterocycles. The molecule has 1 amide bonds. The van der Waals surface area contributed by atoms with E-state index >= 15 is 0 Å². The summed E-state index contributed by atoms with van der Waals surface area (Å²) in [6.07, 6.45) is 9.24. The number of hydrogen-bond donors (Lipinski definition) is 1. The summed E-state index contributed by atoms with van der Waals surface area (Å²) in [4.78, 5) is 15.6. The quantitative estimate of drug-likeness (QED) is 0.525. The molecule has 2 aromatic rings. The summed E-state index contributed by atoms with van der Waals surface area (Å²) in [5.74, 6) is 3.48. The minimum absolute atomic E-state index is 0.118. The molecule has 5 atom stereocenters. The van der Waals surface area contributed by atoms with Gasteiger partial charge in [-0.2, -0.15) is 0 Å². The number of carbonyl (C=O) groups excluding carboxylic acids is 1. The average Bonchev–Trinajstić information content (AvgIpc) is 3.58. The van der Waals surface area contributed by atoms with Gasteiger partial charge in [0.15, 0.2) is 5.16 Å². The number of likely N-dealkylation sites (tertiary alicyclic amines) is 1. The highest BCUT2D eigenvalue weighted by atomic mass is 32.2. The molecule has 5 rings (SSSR count). The van der Waals surface area contributed by atoms with E-state index in [9.17, 15) is 4.79 Å². The van der Waals surface area contributed by atoms with Crippen LogP contribution in [-0.2, 0) is 17.9 Å². The third-order valence-electron chi connectivity index (χ3n) is 8.25. The predicted octanol–water partition coefficient (Wildman–Crippen LogP) is 4.73. The zero-order chi connectivity index (χ0) is 23.5. The monoisotopic (exact) mass is 481 g/mol. The van der Waals surface area contributed by atoms with Crippen molar-refractivity contribution in [1.82, 2.24) is 25.0 Å². The molecule has 0 spiro atoms. The van der Waals surface area contributed by atoms with Crippen LogP contribution in [0.2, 0.25) is 0 Å². The molecule has 6 nitrogen and oxygen atoms in total. The molecule has 0 radical (unpaired) electrons. The van der Waals surface area contributed by atoms with Gasteiger partial charge in [-0.3, -0.25) is 9.69 Å². The van der Waals surface area contributed by atoms with E-state index in [-0.39, 0.29) is 17.2 Å². The maximum Gasteiger partial charge on any atom is 0.233 e. The molecule has 2 heterocycles. The Bertz CT molecular complexity index is 957. The highest BCUT2D eigenvalue weighted by Crippen LogP contribution is 2.49. The fourth-order valence-electron chi connectivity index (χ4n) is 6.33. The van der Waals surface area contributed by atoms with Crippen LogP contribution in [0.3, 0.4) is 0 Å². The molecule has 2 bridgehead atoms. The van der Waals surface area contributed by atoms with Crippen molar-refractivity contribution in [3.05, 3.63) is 41.7 Å².